The van der Waals surface area contributed by atoms with Gasteiger partial charge in [-0.3, -0.25) is 9.59 Å². The maximum atomic E-state index is 12.6. The second-order valence-electron chi connectivity index (χ2n) is 8.25. The highest BCUT2D eigenvalue weighted by atomic mass is 16.5. The molecule has 0 saturated carbocycles. The summed E-state index contributed by atoms with van der Waals surface area (Å²) in [4.78, 5) is 31.4. The van der Waals surface area contributed by atoms with E-state index in [0.717, 1.165) is 25.4 Å². The number of carbonyl (C=O) groups is 2. The molecule has 1 heterocycles. The van der Waals surface area contributed by atoms with Gasteiger partial charge in [-0.15, -0.1) is 0 Å². The van der Waals surface area contributed by atoms with E-state index < -0.39 is 0 Å². The van der Waals surface area contributed by atoms with Gasteiger partial charge in [0.25, 0.3) is 0 Å². The molecule has 0 aromatic heterocycles. The van der Waals surface area contributed by atoms with Crippen LogP contribution in [-0.4, -0.2) is 74.9 Å². The van der Waals surface area contributed by atoms with Gasteiger partial charge in [0.2, 0.25) is 5.91 Å². The maximum absolute atomic E-state index is 12.6. The van der Waals surface area contributed by atoms with E-state index in [9.17, 15) is 9.59 Å². The lowest BCUT2D eigenvalue weighted by atomic mass is 10.1. The van der Waals surface area contributed by atoms with Crippen molar-refractivity contribution in [3.63, 3.8) is 0 Å². The lowest BCUT2D eigenvalue weighted by molar-refractivity contribution is -0.131. The molecule has 2 aromatic carbocycles. The van der Waals surface area contributed by atoms with Crippen LogP contribution >= 0.6 is 0 Å². The number of ketones is 1. The zero-order valence-electron chi connectivity index (χ0n) is 18.8. The Balaban J connectivity index is 1.42. The van der Waals surface area contributed by atoms with E-state index in [-0.39, 0.29) is 24.5 Å². The van der Waals surface area contributed by atoms with Crippen molar-refractivity contribution in [2.75, 3.05) is 58.3 Å². The summed E-state index contributed by atoms with van der Waals surface area (Å²) in [6, 6.07) is 15.5. The predicted molar refractivity (Wildman–Crippen MR) is 124 cm³/mol. The molecular weight excluding hydrogens is 390 g/mol. The van der Waals surface area contributed by atoms with Crippen molar-refractivity contribution in [2.45, 2.75) is 19.8 Å². The van der Waals surface area contributed by atoms with Gasteiger partial charge in [-0.05, 0) is 56.9 Å². The number of anilines is 1. The normalized spacial score (nSPS) is 14.1. The Bertz CT molecular complexity index is 872. The fraction of sp³-hybridized carbons (Fsp3) is 0.440. The number of amides is 1. The van der Waals surface area contributed by atoms with Crippen molar-refractivity contribution in [3.05, 3.63) is 59.7 Å². The zero-order valence-corrected chi connectivity index (χ0v) is 18.8. The van der Waals surface area contributed by atoms with Crippen LogP contribution in [0.15, 0.2) is 48.5 Å². The van der Waals surface area contributed by atoms with Crippen molar-refractivity contribution in [3.8, 4) is 5.75 Å². The molecule has 0 unspecified atom stereocenters. The van der Waals surface area contributed by atoms with E-state index in [0.29, 0.717) is 25.3 Å². The first-order valence-electron chi connectivity index (χ1n) is 10.9. The maximum Gasteiger partial charge on any atom is 0.223 e. The first-order valence-corrected chi connectivity index (χ1v) is 10.9. The molecule has 1 amide bonds. The number of rotatable bonds is 9. The summed E-state index contributed by atoms with van der Waals surface area (Å²) in [6.45, 7) is 6.58. The van der Waals surface area contributed by atoms with Crippen LogP contribution in [0.2, 0.25) is 0 Å². The van der Waals surface area contributed by atoms with Crippen LogP contribution in [0.3, 0.4) is 0 Å². The Morgan fingerprint density at radius 2 is 1.61 bits per heavy atom. The van der Waals surface area contributed by atoms with Gasteiger partial charge in [-0.2, -0.15) is 0 Å². The number of benzene rings is 2. The van der Waals surface area contributed by atoms with E-state index in [1.54, 1.807) is 12.1 Å². The molecule has 2 aromatic rings. The average Bonchev–Trinajstić information content (AvgIpc) is 2.78. The van der Waals surface area contributed by atoms with Gasteiger partial charge in [-0.25, -0.2) is 0 Å². The lowest BCUT2D eigenvalue weighted by Gasteiger charge is -2.36. The Kier molecular flexibility index (Phi) is 8.06. The molecule has 0 N–H and O–H groups in total. The van der Waals surface area contributed by atoms with Crippen LogP contribution in [0.5, 0.6) is 5.75 Å². The SMILES string of the molecule is Cc1ccccc1N1CCN(C(=O)CCC(=O)c2ccc(OCCN(C)C)cc2)CC1. The molecule has 6 nitrogen and oxygen atoms in total. The number of Topliss-reactive ketones (excluding diaryl/α,β-unsaturated/α-hetero) is 1. The number of para-hydroxylation sites is 1. The number of likely N-dealkylation sites (N-methyl/N-ethyl adjacent to an activating group) is 1. The van der Waals surface area contributed by atoms with E-state index in [2.05, 4.69) is 28.9 Å². The second-order valence-corrected chi connectivity index (χ2v) is 8.25. The lowest BCUT2D eigenvalue weighted by Crippen LogP contribution is -2.49. The predicted octanol–water partition coefficient (Wildman–Crippen LogP) is 3.25. The van der Waals surface area contributed by atoms with Gasteiger partial charge >= 0.3 is 0 Å². The summed E-state index contributed by atoms with van der Waals surface area (Å²) >= 11 is 0. The molecule has 1 aliphatic heterocycles. The van der Waals surface area contributed by atoms with Crippen molar-refractivity contribution in [2.24, 2.45) is 0 Å². The fourth-order valence-electron chi connectivity index (χ4n) is 3.72. The van der Waals surface area contributed by atoms with Crippen LogP contribution in [0, 0.1) is 6.92 Å². The molecule has 0 aliphatic carbocycles. The van der Waals surface area contributed by atoms with E-state index in [4.69, 9.17) is 4.74 Å². The minimum atomic E-state index is -0.00765. The second kappa shape index (κ2) is 11.0. The minimum Gasteiger partial charge on any atom is -0.492 e. The molecule has 6 heteroatoms. The molecule has 31 heavy (non-hydrogen) atoms. The molecule has 1 saturated heterocycles. The van der Waals surface area contributed by atoms with Gasteiger partial charge in [0.1, 0.15) is 12.4 Å². The number of hydrogen-bond acceptors (Lipinski definition) is 5. The number of nitrogens with zero attached hydrogens (tertiary/aromatic N) is 3. The zero-order chi connectivity index (χ0) is 22.2. The molecular formula is C25H33N3O3. The van der Waals surface area contributed by atoms with Gasteiger partial charge in [0.15, 0.2) is 5.78 Å². The molecule has 166 valence electrons. The highest BCUT2D eigenvalue weighted by molar-refractivity contribution is 5.98. The van der Waals surface area contributed by atoms with Crippen LogP contribution in [0.25, 0.3) is 0 Å². The summed E-state index contributed by atoms with van der Waals surface area (Å²) in [7, 11) is 3.99. The molecule has 0 bridgehead atoms. The molecule has 1 fully saturated rings. The molecule has 0 spiro atoms. The van der Waals surface area contributed by atoms with Crippen LogP contribution in [0.4, 0.5) is 5.69 Å². The Labute approximate surface area is 185 Å². The standard InChI is InChI=1S/C25H33N3O3/c1-20-6-4-5-7-23(20)27-14-16-28(17-15-27)25(30)13-12-24(29)21-8-10-22(11-9-21)31-19-18-26(2)3/h4-11H,12-19H2,1-3H3. The van der Waals surface area contributed by atoms with Gasteiger partial charge in [-0.1, -0.05) is 18.2 Å². The summed E-state index contributed by atoms with van der Waals surface area (Å²) < 4.78 is 5.66. The molecule has 0 radical (unpaired) electrons. The van der Waals surface area contributed by atoms with Gasteiger partial charge in [0.05, 0.1) is 0 Å². The number of hydrogen-bond donors (Lipinski definition) is 0. The summed E-state index contributed by atoms with van der Waals surface area (Å²) in [5.41, 5.74) is 3.11. The van der Waals surface area contributed by atoms with Gasteiger partial charge < -0.3 is 19.4 Å². The minimum absolute atomic E-state index is 0.00765. The van der Waals surface area contributed by atoms with Gasteiger partial charge in [0, 0.05) is 56.8 Å². The number of piperazine rings is 1. The Morgan fingerprint density at radius 1 is 0.935 bits per heavy atom. The van der Waals surface area contributed by atoms with Crippen molar-refractivity contribution in [1.29, 1.82) is 0 Å². The summed E-state index contributed by atoms with van der Waals surface area (Å²) in [5.74, 6) is 0.800. The van der Waals surface area contributed by atoms with Crippen molar-refractivity contribution >= 4 is 17.4 Å². The average molecular weight is 424 g/mol. The monoisotopic (exact) mass is 423 g/mol. The molecule has 0 atom stereocenters. The third-order valence-electron chi connectivity index (χ3n) is 5.64. The summed E-state index contributed by atoms with van der Waals surface area (Å²) in [6.07, 6.45) is 0.488. The van der Waals surface area contributed by atoms with Crippen molar-refractivity contribution < 1.29 is 14.3 Å². The van der Waals surface area contributed by atoms with E-state index >= 15 is 0 Å². The fourth-order valence-corrected chi connectivity index (χ4v) is 3.72. The first kappa shape index (κ1) is 22.8. The topological polar surface area (TPSA) is 53.1 Å². The third kappa shape index (κ3) is 6.56. The number of carbonyl (C=O) groups excluding carboxylic acids is 2. The largest absolute Gasteiger partial charge is 0.492 e. The number of ether oxygens (including phenoxy) is 1. The van der Waals surface area contributed by atoms with Crippen molar-refractivity contribution in [1.82, 2.24) is 9.80 Å². The quantitative estimate of drug-likeness (QED) is 0.580. The van der Waals surface area contributed by atoms with Crippen LogP contribution in [0.1, 0.15) is 28.8 Å². The highest BCUT2D eigenvalue weighted by Crippen LogP contribution is 2.21. The summed E-state index contributed by atoms with van der Waals surface area (Å²) in [5, 5.41) is 0. The smallest absolute Gasteiger partial charge is 0.223 e. The highest BCUT2D eigenvalue weighted by Gasteiger charge is 2.22. The Morgan fingerprint density at radius 3 is 2.26 bits per heavy atom. The molecule has 3 rings (SSSR count). The Hall–Kier alpha value is -2.86. The molecule has 1 aliphatic rings. The van der Waals surface area contributed by atoms with E-state index in [1.165, 1.54) is 11.3 Å². The van der Waals surface area contributed by atoms with Crippen LogP contribution < -0.4 is 9.64 Å². The number of aryl methyl sites for hydroxylation is 1. The third-order valence-corrected chi connectivity index (χ3v) is 5.64. The van der Waals surface area contributed by atoms with E-state index in [1.807, 2.05) is 43.3 Å². The first-order chi connectivity index (χ1) is 14.9. The van der Waals surface area contributed by atoms with Crippen LogP contribution in [-0.2, 0) is 4.79 Å².